The molecule has 0 amide bonds. The predicted octanol–water partition coefficient (Wildman–Crippen LogP) is 4.87. The maximum Gasteiger partial charge on any atom is 0.118 e. The highest BCUT2D eigenvalue weighted by Crippen LogP contribution is 2.32. The van der Waals surface area contributed by atoms with Crippen LogP contribution in [0.15, 0.2) is 48.5 Å². The van der Waals surface area contributed by atoms with Crippen molar-refractivity contribution in [2.24, 2.45) is 0 Å². The van der Waals surface area contributed by atoms with Crippen LogP contribution in [-0.2, 0) is 6.42 Å². The average Bonchev–Trinajstić information content (AvgIpc) is 3.06. The second-order valence-corrected chi connectivity index (χ2v) is 6.90. The van der Waals surface area contributed by atoms with E-state index in [2.05, 4.69) is 46.3 Å². The number of fused-ring (bicyclic) bond motifs is 1. The molecule has 0 bridgehead atoms. The molecular formula is C22H26N2O. The molecule has 1 saturated heterocycles. The van der Waals surface area contributed by atoms with Gasteiger partial charge >= 0.3 is 0 Å². The maximum atomic E-state index is 5.30. The van der Waals surface area contributed by atoms with Gasteiger partial charge in [-0.1, -0.05) is 24.6 Å². The summed E-state index contributed by atoms with van der Waals surface area (Å²) in [6.45, 7) is 3.64. The molecule has 1 aliphatic heterocycles. The molecule has 1 N–H and O–H groups in total. The summed E-state index contributed by atoms with van der Waals surface area (Å²) >= 11 is 0. The number of hydrogen-bond donors (Lipinski definition) is 1. The molecule has 130 valence electrons. The topological polar surface area (TPSA) is 28.3 Å². The molecule has 3 heteroatoms. The first-order valence-corrected chi connectivity index (χ1v) is 9.31. The van der Waals surface area contributed by atoms with Crippen LogP contribution in [0.4, 0.5) is 0 Å². The van der Waals surface area contributed by atoms with Crippen molar-refractivity contribution >= 4 is 10.9 Å². The highest BCUT2D eigenvalue weighted by atomic mass is 16.5. The third kappa shape index (κ3) is 3.42. The van der Waals surface area contributed by atoms with Crippen molar-refractivity contribution < 1.29 is 4.74 Å². The number of methoxy groups -OCH3 is 1. The van der Waals surface area contributed by atoms with Crippen molar-refractivity contribution in [1.29, 1.82) is 0 Å². The predicted molar refractivity (Wildman–Crippen MR) is 104 cm³/mol. The molecule has 0 radical (unpaired) electrons. The van der Waals surface area contributed by atoms with Gasteiger partial charge in [0.2, 0.25) is 0 Å². The lowest BCUT2D eigenvalue weighted by Crippen LogP contribution is -2.31. The fourth-order valence-electron chi connectivity index (χ4n) is 3.92. The summed E-state index contributed by atoms with van der Waals surface area (Å²) in [7, 11) is 1.71. The van der Waals surface area contributed by atoms with Crippen molar-refractivity contribution in [3.8, 4) is 17.0 Å². The Bertz CT molecular complexity index is 829. The van der Waals surface area contributed by atoms with Crippen molar-refractivity contribution in [2.75, 3.05) is 26.7 Å². The largest absolute Gasteiger partial charge is 0.497 e. The monoisotopic (exact) mass is 334 g/mol. The Balaban J connectivity index is 1.67. The molecule has 1 fully saturated rings. The summed E-state index contributed by atoms with van der Waals surface area (Å²) in [5.74, 6) is 0.898. The van der Waals surface area contributed by atoms with Crippen LogP contribution in [0.3, 0.4) is 0 Å². The summed E-state index contributed by atoms with van der Waals surface area (Å²) in [4.78, 5) is 6.26. The Kier molecular flexibility index (Phi) is 4.75. The van der Waals surface area contributed by atoms with Crippen molar-refractivity contribution in [2.45, 2.75) is 25.7 Å². The molecule has 4 rings (SSSR count). The molecule has 25 heavy (non-hydrogen) atoms. The molecule has 2 heterocycles. The standard InChI is InChI=1S/C22H26N2O/c1-25-18-11-9-17(10-12-18)22-20(13-16-24-14-5-2-6-15-24)19-7-3-4-8-21(19)23-22/h3-4,7-12,23H,2,5-6,13-16H2,1H3. The van der Waals surface area contributed by atoms with E-state index >= 15 is 0 Å². The number of benzene rings is 2. The van der Waals surface area contributed by atoms with Crippen molar-refractivity contribution in [3.63, 3.8) is 0 Å². The zero-order valence-corrected chi connectivity index (χ0v) is 14.9. The molecule has 1 aromatic heterocycles. The molecule has 0 atom stereocenters. The molecular weight excluding hydrogens is 308 g/mol. The van der Waals surface area contributed by atoms with Crippen LogP contribution >= 0.6 is 0 Å². The number of likely N-dealkylation sites (tertiary alicyclic amines) is 1. The lowest BCUT2D eigenvalue weighted by atomic mass is 10.0. The molecule has 0 spiro atoms. The molecule has 0 unspecified atom stereocenters. The van der Waals surface area contributed by atoms with Crippen LogP contribution in [0.25, 0.3) is 22.2 Å². The maximum absolute atomic E-state index is 5.30. The van der Waals surface area contributed by atoms with Crippen LogP contribution in [0.5, 0.6) is 5.75 Å². The minimum absolute atomic E-state index is 0.898. The van der Waals surface area contributed by atoms with Gasteiger partial charge in [-0.05, 0) is 73.8 Å². The van der Waals surface area contributed by atoms with Crippen molar-refractivity contribution in [1.82, 2.24) is 9.88 Å². The number of nitrogens with one attached hydrogen (secondary N) is 1. The van der Waals surface area contributed by atoms with Gasteiger partial charge in [-0.2, -0.15) is 0 Å². The van der Waals surface area contributed by atoms with E-state index in [0.717, 1.165) is 18.7 Å². The summed E-state index contributed by atoms with van der Waals surface area (Å²) in [5, 5.41) is 1.35. The summed E-state index contributed by atoms with van der Waals surface area (Å²) in [6, 6.07) is 17.0. The number of rotatable bonds is 5. The number of aromatic nitrogens is 1. The first-order valence-electron chi connectivity index (χ1n) is 9.31. The molecule has 0 aliphatic carbocycles. The molecule has 3 aromatic rings. The fourth-order valence-corrected chi connectivity index (χ4v) is 3.92. The van der Waals surface area contributed by atoms with E-state index in [9.17, 15) is 0 Å². The Morgan fingerprint density at radius 1 is 0.960 bits per heavy atom. The van der Waals surface area contributed by atoms with Gasteiger partial charge in [0.05, 0.1) is 7.11 Å². The number of para-hydroxylation sites is 1. The highest BCUT2D eigenvalue weighted by Gasteiger charge is 2.16. The molecule has 2 aromatic carbocycles. The normalized spacial score (nSPS) is 15.6. The van der Waals surface area contributed by atoms with Gasteiger partial charge in [-0.25, -0.2) is 0 Å². The second kappa shape index (κ2) is 7.32. The highest BCUT2D eigenvalue weighted by molar-refractivity contribution is 5.90. The van der Waals surface area contributed by atoms with E-state index in [1.807, 2.05) is 12.1 Å². The number of H-pyrrole nitrogens is 1. The number of nitrogens with zero attached hydrogens (tertiary/aromatic N) is 1. The average molecular weight is 334 g/mol. The van der Waals surface area contributed by atoms with Gasteiger partial charge in [-0.3, -0.25) is 0 Å². The Labute approximate surface area is 149 Å². The van der Waals surface area contributed by atoms with Crippen LogP contribution in [0, 0.1) is 0 Å². The summed E-state index contributed by atoms with van der Waals surface area (Å²) in [6.07, 6.45) is 5.17. The van der Waals surface area contributed by atoms with Gasteiger partial charge in [0.15, 0.2) is 0 Å². The molecule has 3 nitrogen and oxygen atoms in total. The lowest BCUT2D eigenvalue weighted by molar-refractivity contribution is 0.232. The zero-order chi connectivity index (χ0) is 17.1. The third-order valence-corrected chi connectivity index (χ3v) is 5.32. The van der Waals surface area contributed by atoms with E-state index in [4.69, 9.17) is 4.74 Å². The van der Waals surface area contributed by atoms with Crippen LogP contribution in [0.1, 0.15) is 24.8 Å². The van der Waals surface area contributed by atoms with E-state index in [-0.39, 0.29) is 0 Å². The first-order chi connectivity index (χ1) is 12.3. The van der Waals surface area contributed by atoms with Gasteiger partial charge in [0.25, 0.3) is 0 Å². The summed E-state index contributed by atoms with van der Waals surface area (Å²) < 4.78 is 5.30. The van der Waals surface area contributed by atoms with Gasteiger partial charge in [0, 0.05) is 23.1 Å². The number of piperidine rings is 1. The van der Waals surface area contributed by atoms with Gasteiger partial charge < -0.3 is 14.6 Å². The Morgan fingerprint density at radius 3 is 2.48 bits per heavy atom. The first kappa shape index (κ1) is 16.2. The van der Waals surface area contributed by atoms with Gasteiger partial charge in [0.1, 0.15) is 5.75 Å². The number of ether oxygens (including phenoxy) is 1. The third-order valence-electron chi connectivity index (χ3n) is 5.32. The SMILES string of the molecule is COc1ccc(-c2[nH]c3ccccc3c2CCN2CCCCC2)cc1. The van der Waals surface area contributed by atoms with Crippen LogP contribution in [-0.4, -0.2) is 36.6 Å². The Morgan fingerprint density at radius 2 is 1.72 bits per heavy atom. The lowest BCUT2D eigenvalue weighted by Gasteiger charge is -2.26. The van der Waals surface area contributed by atoms with E-state index in [1.165, 1.54) is 60.1 Å². The molecule has 0 saturated carbocycles. The smallest absolute Gasteiger partial charge is 0.118 e. The van der Waals surface area contributed by atoms with Crippen LogP contribution < -0.4 is 4.74 Å². The Hall–Kier alpha value is -2.26. The fraction of sp³-hybridized carbons (Fsp3) is 0.364. The summed E-state index contributed by atoms with van der Waals surface area (Å²) in [5.41, 5.74) is 5.14. The van der Waals surface area contributed by atoms with E-state index < -0.39 is 0 Å². The number of hydrogen-bond acceptors (Lipinski definition) is 2. The van der Waals surface area contributed by atoms with Gasteiger partial charge in [-0.15, -0.1) is 0 Å². The van der Waals surface area contributed by atoms with Crippen LogP contribution in [0.2, 0.25) is 0 Å². The van der Waals surface area contributed by atoms with Crippen molar-refractivity contribution in [3.05, 3.63) is 54.1 Å². The van der Waals surface area contributed by atoms with E-state index in [0.29, 0.717) is 0 Å². The quantitative estimate of drug-likeness (QED) is 0.721. The zero-order valence-electron chi connectivity index (χ0n) is 14.9. The number of aromatic amines is 1. The molecule has 1 aliphatic rings. The minimum Gasteiger partial charge on any atom is -0.497 e. The minimum atomic E-state index is 0.898. The van der Waals surface area contributed by atoms with E-state index in [1.54, 1.807) is 7.11 Å². The second-order valence-electron chi connectivity index (χ2n) is 6.90.